The van der Waals surface area contributed by atoms with Gasteiger partial charge in [0.15, 0.2) is 0 Å². The third-order valence-electron chi connectivity index (χ3n) is 9.20. The highest BCUT2D eigenvalue weighted by Crippen LogP contribution is 2.41. The standard InChI is InChI=1S/C42H25NOS/c1-2-9-29(10-3-1)43-37-15-6-4-11-31(37)34-23-26(17-20-38(34)43)27-18-21-39-35(24-27)33-14-8-13-30(42(33)44-39)28-19-22-41-36(25-28)32-12-5-7-16-40(32)45-41/h1-25H. The number of benzene rings is 7. The molecule has 210 valence electrons. The third-order valence-corrected chi connectivity index (χ3v) is 10.4. The molecule has 3 heteroatoms. The molecule has 0 fully saturated rings. The fourth-order valence-electron chi connectivity index (χ4n) is 7.11. The summed E-state index contributed by atoms with van der Waals surface area (Å²) in [7, 11) is 0. The van der Waals surface area contributed by atoms with Crippen molar-refractivity contribution in [2.75, 3.05) is 0 Å². The lowest BCUT2D eigenvalue weighted by atomic mass is 9.98. The molecule has 0 amide bonds. The molecule has 0 radical (unpaired) electrons. The van der Waals surface area contributed by atoms with E-state index in [4.69, 9.17) is 4.42 Å². The Morgan fingerprint density at radius 1 is 0.422 bits per heavy atom. The minimum absolute atomic E-state index is 0.907. The van der Waals surface area contributed by atoms with E-state index in [0.717, 1.165) is 27.5 Å². The monoisotopic (exact) mass is 591 g/mol. The molecular formula is C42H25NOS. The van der Waals surface area contributed by atoms with Crippen molar-refractivity contribution >= 4 is 75.3 Å². The van der Waals surface area contributed by atoms with Gasteiger partial charge in [0.2, 0.25) is 0 Å². The van der Waals surface area contributed by atoms with Crippen molar-refractivity contribution in [2.24, 2.45) is 0 Å². The summed E-state index contributed by atoms with van der Waals surface area (Å²) in [4.78, 5) is 0. The number of hydrogen-bond acceptors (Lipinski definition) is 2. The van der Waals surface area contributed by atoms with Crippen LogP contribution in [0.25, 0.3) is 91.9 Å². The van der Waals surface area contributed by atoms with Crippen LogP contribution in [0.15, 0.2) is 156 Å². The predicted molar refractivity (Wildman–Crippen MR) is 192 cm³/mol. The first-order chi connectivity index (χ1) is 22.3. The third kappa shape index (κ3) is 3.68. The van der Waals surface area contributed by atoms with Gasteiger partial charge in [0, 0.05) is 53.0 Å². The van der Waals surface area contributed by atoms with E-state index in [1.165, 1.54) is 64.4 Å². The number of furan rings is 1. The van der Waals surface area contributed by atoms with Crippen molar-refractivity contribution in [1.29, 1.82) is 0 Å². The van der Waals surface area contributed by atoms with Crippen LogP contribution in [0.5, 0.6) is 0 Å². The normalized spacial score (nSPS) is 12.0. The highest BCUT2D eigenvalue weighted by molar-refractivity contribution is 7.25. The van der Waals surface area contributed by atoms with Crippen molar-refractivity contribution in [1.82, 2.24) is 4.57 Å². The van der Waals surface area contributed by atoms with Gasteiger partial charge in [-0.05, 0) is 77.4 Å². The lowest BCUT2D eigenvalue weighted by molar-refractivity contribution is 0.670. The zero-order chi connectivity index (χ0) is 29.5. The highest BCUT2D eigenvalue weighted by Gasteiger charge is 2.16. The average Bonchev–Trinajstić information content (AvgIpc) is 3.77. The molecule has 0 saturated carbocycles. The molecule has 0 aliphatic rings. The maximum atomic E-state index is 6.59. The average molecular weight is 592 g/mol. The predicted octanol–water partition coefficient (Wildman–Crippen LogP) is 12.4. The summed E-state index contributed by atoms with van der Waals surface area (Å²) in [6.45, 7) is 0. The Morgan fingerprint density at radius 2 is 1.09 bits per heavy atom. The van der Waals surface area contributed by atoms with Crippen LogP contribution >= 0.6 is 11.3 Å². The number of aromatic nitrogens is 1. The summed E-state index contributed by atoms with van der Waals surface area (Å²) in [6.07, 6.45) is 0. The van der Waals surface area contributed by atoms with E-state index < -0.39 is 0 Å². The Balaban J connectivity index is 1.13. The molecule has 3 aromatic heterocycles. The summed E-state index contributed by atoms with van der Waals surface area (Å²) < 4.78 is 11.6. The van der Waals surface area contributed by atoms with Crippen LogP contribution in [0.1, 0.15) is 0 Å². The fraction of sp³-hybridized carbons (Fsp3) is 0. The van der Waals surface area contributed by atoms with Crippen molar-refractivity contribution in [3.05, 3.63) is 152 Å². The molecule has 0 spiro atoms. The number of fused-ring (bicyclic) bond motifs is 9. The fourth-order valence-corrected chi connectivity index (χ4v) is 8.19. The molecule has 10 aromatic rings. The Labute approximate surface area is 263 Å². The first-order valence-corrected chi connectivity index (χ1v) is 16.1. The molecule has 0 N–H and O–H groups in total. The van der Waals surface area contributed by atoms with E-state index in [9.17, 15) is 0 Å². The van der Waals surface area contributed by atoms with Gasteiger partial charge in [-0.2, -0.15) is 0 Å². The molecular weight excluding hydrogens is 567 g/mol. The van der Waals surface area contributed by atoms with Gasteiger partial charge in [-0.15, -0.1) is 11.3 Å². The quantitative estimate of drug-likeness (QED) is 0.200. The summed E-state index contributed by atoms with van der Waals surface area (Å²) in [5.41, 5.74) is 10.1. The second-order valence-electron chi connectivity index (χ2n) is 11.7. The van der Waals surface area contributed by atoms with Crippen molar-refractivity contribution in [3.63, 3.8) is 0 Å². The number of para-hydroxylation sites is 3. The number of rotatable bonds is 3. The summed E-state index contributed by atoms with van der Waals surface area (Å²) in [5, 5.41) is 7.40. The molecule has 0 bridgehead atoms. The molecule has 3 heterocycles. The second kappa shape index (κ2) is 9.43. The van der Waals surface area contributed by atoms with E-state index in [0.29, 0.717) is 0 Å². The molecule has 0 saturated heterocycles. The smallest absolute Gasteiger partial charge is 0.143 e. The van der Waals surface area contributed by atoms with Crippen molar-refractivity contribution in [3.8, 4) is 27.9 Å². The lowest BCUT2D eigenvalue weighted by Crippen LogP contribution is -1.92. The van der Waals surface area contributed by atoms with Gasteiger partial charge >= 0.3 is 0 Å². The number of hydrogen-bond donors (Lipinski definition) is 0. The Hall–Kier alpha value is -5.64. The summed E-state index contributed by atoms with van der Waals surface area (Å²) in [5.74, 6) is 0. The van der Waals surface area contributed by atoms with Crippen LogP contribution in [0.4, 0.5) is 0 Å². The lowest BCUT2D eigenvalue weighted by Gasteiger charge is -2.08. The van der Waals surface area contributed by atoms with Gasteiger partial charge < -0.3 is 8.98 Å². The van der Waals surface area contributed by atoms with Gasteiger partial charge in [0.1, 0.15) is 11.2 Å². The Kier molecular flexibility index (Phi) is 5.19. The zero-order valence-electron chi connectivity index (χ0n) is 24.2. The zero-order valence-corrected chi connectivity index (χ0v) is 25.0. The number of nitrogens with zero attached hydrogens (tertiary/aromatic N) is 1. The minimum Gasteiger partial charge on any atom is -0.455 e. The van der Waals surface area contributed by atoms with E-state index >= 15 is 0 Å². The molecule has 0 atom stereocenters. The van der Waals surface area contributed by atoms with Crippen molar-refractivity contribution in [2.45, 2.75) is 0 Å². The van der Waals surface area contributed by atoms with E-state index in [2.05, 4.69) is 156 Å². The molecule has 7 aromatic carbocycles. The Morgan fingerprint density at radius 3 is 2.00 bits per heavy atom. The van der Waals surface area contributed by atoms with Gasteiger partial charge in [0.05, 0.1) is 11.0 Å². The van der Waals surface area contributed by atoms with Gasteiger partial charge in [-0.25, -0.2) is 0 Å². The minimum atomic E-state index is 0.907. The molecule has 0 aliphatic carbocycles. The van der Waals surface area contributed by atoms with Crippen LogP contribution in [0.3, 0.4) is 0 Å². The number of thiophene rings is 1. The van der Waals surface area contributed by atoms with Crippen LogP contribution in [-0.2, 0) is 0 Å². The van der Waals surface area contributed by atoms with Gasteiger partial charge in [-0.3, -0.25) is 0 Å². The van der Waals surface area contributed by atoms with Gasteiger partial charge in [0.25, 0.3) is 0 Å². The topological polar surface area (TPSA) is 18.1 Å². The van der Waals surface area contributed by atoms with Gasteiger partial charge in [-0.1, -0.05) is 91.0 Å². The Bertz CT molecular complexity index is 2760. The molecule has 0 aliphatic heterocycles. The molecule has 0 unspecified atom stereocenters. The summed E-state index contributed by atoms with van der Waals surface area (Å²) >= 11 is 1.85. The van der Waals surface area contributed by atoms with Crippen LogP contribution < -0.4 is 0 Å². The SMILES string of the molecule is c1ccc(-n2c3ccccc3c3cc(-c4ccc5oc6c(-c7ccc8sc9ccccc9c8c7)cccc6c5c4)ccc32)cc1. The van der Waals surface area contributed by atoms with Crippen LogP contribution in [0, 0.1) is 0 Å². The first-order valence-electron chi connectivity index (χ1n) is 15.3. The molecule has 2 nitrogen and oxygen atoms in total. The van der Waals surface area contributed by atoms with Crippen molar-refractivity contribution < 1.29 is 4.42 Å². The maximum Gasteiger partial charge on any atom is 0.143 e. The second-order valence-corrected chi connectivity index (χ2v) is 12.8. The molecule has 10 rings (SSSR count). The van der Waals surface area contributed by atoms with E-state index in [1.807, 2.05) is 11.3 Å². The largest absolute Gasteiger partial charge is 0.455 e. The van der Waals surface area contributed by atoms with E-state index in [-0.39, 0.29) is 0 Å². The summed E-state index contributed by atoms with van der Waals surface area (Å²) in [6, 6.07) is 54.7. The maximum absolute atomic E-state index is 6.59. The first kappa shape index (κ1) is 24.8. The highest BCUT2D eigenvalue weighted by atomic mass is 32.1. The molecule has 45 heavy (non-hydrogen) atoms. The van der Waals surface area contributed by atoms with Crippen LogP contribution in [0.2, 0.25) is 0 Å². The van der Waals surface area contributed by atoms with E-state index in [1.54, 1.807) is 0 Å². The van der Waals surface area contributed by atoms with Crippen LogP contribution in [-0.4, -0.2) is 4.57 Å².